The predicted molar refractivity (Wildman–Crippen MR) is 211 cm³/mol. The number of halogens is 4. The van der Waals surface area contributed by atoms with Gasteiger partial charge in [-0.15, -0.1) is 0 Å². The topological polar surface area (TPSA) is 129 Å². The van der Waals surface area contributed by atoms with Gasteiger partial charge in [0.2, 0.25) is 23.7 Å². The zero-order chi connectivity index (χ0) is 40.9. The number of hydrogen-bond donors (Lipinski definition) is 4. The molecule has 2 aliphatic carbocycles. The lowest BCUT2D eigenvalue weighted by Gasteiger charge is -2.33. The molecule has 0 radical (unpaired) electrons. The van der Waals surface area contributed by atoms with E-state index in [1.54, 1.807) is 12.4 Å². The Labute approximate surface area is 330 Å². The molecule has 3 aromatic heterocycles. The fraction of sp³-hybridized carbons (Fsp3) is 0.500. The summed E-state index contributed by atoms with van der Waals surface area (Å²) in [5.74, 6) is -4.85. The molecule has 2 atom stereocenters. The van der Waals surface area contributed by atoms with Crippen LogP contribution < -0.4 is 10.6 Å². The number of hydrogen-bond acceptors (Lipinski definition) is 5. The third-order valence-corrected chi connectivity index (χ3v) is 11.5. The Hall–Kier alpha value is -4.94. The van der Waals surface area contributed by atoms with Gasteiger partial charge in [-0.3, -0.25) is 9.59 Å². The number of carbonyl (C=O) groups is 2. The van der Waals surface area contributed by atoms with Crippen LogP contribution in [0.2, 0.25) is 0 Å². The van der Waals surface area contributed by atoms with Gasteiger partial charge in [0.05, 0.1) is 35.9 Å². The number of fused-ring (bicyclic) bond motifs is 1. The molecule has 0 saturated heterocycles. The summed E-state index contributed by atoms with van der Waals surface area (Å²) >= 11 is 0. The van der Waals surface area contributed by atoms with Crippen molar-refractivity contribution in [3.05, 3.63) is 72.6 Å². The van der Waals surface area contributed by atoms with Gasteiger partial charge in [0.1, 0.15) is 23.0 Å². The molecular formula is C44H52F4N6O3. The minimum absolute atomic E-state index is 0.164. The van der Waals surface area contributed by atoms with E-state index in [2.05, 4.69) is 30.6 Å². The number of carbonyl (C=O) groups excluding carboxylic acids is 2. The van der Waals surface area contributed by atoms with Crippen LogP contribution >= 0.6 is 0 Å². The second-order valence-corrected chi connectivity index (χ2v) is 18.2. The number of aromatic amines is 2. The molecule has 304 valence electrons. The van der Waals surface area contributed by atoms with Gasteiger partial charge in [-0.25, -0.2) is 27.5 Å². The Balaban J connectivity index is 1.03. The molecule has 0 bridgehead atoms. The molecule has 9 nitrogen and oxygen atoms in total. The molecule has 0 spiro atoms. The lowest BCUT2D eigenvalue weighted by atomic mass is 9.83. The summed E-state index contributed by atoms with van der Waals surface area (Å²) in [5.41, 5.74) is 4.05. The van der Waals surface area contributed by atoms with Crippen LogP contribution in [0.25, 0.3) is 44.8 Å². The van der Waals surface area contributed by atoms with Gasteiger partial charge in [-0.05, 0) is 54.2 Å². The third kappa shape index (κ3) is 9.12. The van der Waals surface area contributed by atoms with Crippen LogP contribution in [0.3, 0.4) is 0 Å². The smallest absolute Gasteiger partial charge is 0.248 e. The zero-order valence-electron chi connectivity index (χ0n) is 33.4. The summed E-state index contributed by atoms with van der Waals surface area (Å²) in [6.45, 7) is 12.0. The number of furan rings is 1. The maximum absolute atomic E-state index is 13.7. The third-order valence-electron chi connectivity index (χ3n) is 11.5. The van der Waals surface area contributed by atoms with Crippen molar-refractivity contribution < 1.29 is 31.6 Å². The number of imidazole rings is 2. The van der Waals surface area contributed by atoms with Crippen molar-refractivity contribution in [3.8, 4) is 33.8 Å². The van der Waals surface area contributed by atoms with E-state index in [1.165, 1.54) is 0 Å². The van der Waals surface area contributed by atoms with Crippen LogP contribution in [0.4, 0.5) is 17.6 Å². The highest BCUT2D eigenvalue weighted by atomic mass is 19.3. The Bertz CT molecular complexity index is 2210. The molecule has 3 heterocycles. The van der Waals surface area contributed by atoms with Crippen molar-refractivity contribution in [1.29, 1.82) is 0 Å². The fourth-order valence-corrected chi connectivity index (χ4v) is 7.93. The number of alkyl halides is 4. The second-order valence-electron chi connectivity index (χ2n) is 18.2. The van der Waals surface area contributed by atoms with Crippen LogP contribution in [0.1, 0.15) is 117 Å². The van der Waals surface area contributed by atoms with Gasteiger partial charge >= 0.3 is 0 Å². The molecule has 2 amide bonds. The van der Waals surface area contributed by atoms with Crippen molar-refractivity contribution in [2.75, 3.05) is 0 Å². The van der Waals surface area contributed by atoms with Crippen LogP contribution in [-0.4, -0.2) is 43.6 Å². The Morgan fingerprint density at radius 3 is 1.54 bits per heavy atom. The monoisotopic (exact) mass is 788 g/mol. The largest absolute Gasteiger partial charge is 0.456 e. The van der Waals surface area contributed by atoms with E-state index in [9.17, 15) is 27.2 Å². The molecule has 2 aliphatic rings. The fourth-order valence-electron chi connectivity index (χ4n) is 7.93. The van der Waals surface area contributed by atoms with Crippen molar-refractivity contribution in [3.63, 3.8) is 0 Å². The first-order valence-electron chi connectivity index (χ1n) is 19.9. The summed E-state index contributed by atoms with van der Waals surface area (Å²) in [5, 5.41) is 7.11. The van der Waals surface area contributed by atoms with Gasteiger partial charge in [0.15, 0.2) is 0 Å². The number of nitrogens with one attached hydrogen (secondary N) is 4. The zero-order valence-corrected chi connectivity index (χ0v) is 33.4. The van der Waals surface area contributed by atoms with Crippen molar-refractivity contribution in [1.82, 2.24) is 30.6 Å². The molecule has 57 heavy (non-hydrogen) atoms. The first-order valence-corrected chi connectivity index (χ1v) is 19.9. The first-order chi connectivity index (χ1) is 26.7. The van der Waals surface area contributed by atoms with Crippen LogP contribution in [-0.2, 0) is 9.59 Å². The van der Waals surface area contributed by atoms with Crippen LogP contribution in [0, 0.1) is 22.7 Å². The summed E-state index contributed by atoms with van der Waals surface area (Å²) in [7, 11) is 0. The molecule has 7 rings (SSSR count). The lowest BCUT2D eigenvalue weighted by molar-refractivity contribution is -0.131. The van der Waals surface area contributed by atoms with Gasteiger partial charge in [-0.2, -0.15) is 0 Å². The number of aromatic nitrogens is 4. The molecule has 4 N–H and O–H groups in total. The number of benzene rings is 2. The first kappa shape index (κ1) is 40.3. The average Bonchev–Trinajstić information content (AvgIpc) is 3.92. The Morgan fingerprint density at radius 2 is 1.09 bits per heavy atom. The van der Waals surface area contributed by atoms with Crippen molar-refractivity contribution >= 4 is 22.8 Å². The van der Waals surface area contributed by atoms with E-state index in [0.29, 0.717) is 23.0 Å². The van der Waals surface area contributed by atoms with Crippen LogP contribution in [0.5, 0.6) is 0 Å². The highest BCUT2D eigenvalue weighted by Gasteiger charge is 2.41. The Morgan fingerprint density at radius 1 is 0.667 bits per heavy atom. The van der Waals surface area contributed by atoms with Crippen LogP contribution in [0.15, 0.2) is 65.3 Å². The quantitative estimate of drug-likeness (QED) is 0.111. The maximum Gasteiger partial charge on any atom is 0.248 e. The average molecular weight is 789 g/mol. The molecule has 0 aliphatic heterocycles. The number of amides is 2. The van der Waals surface area contributed by atoms with E-state index in [0.717, 1.165) is 33.5 Å². The summed E-state index contributed by atoms with van der Waals surface area (Å²) < 4.78 is 61.2. The van der Waals surface area contributed by atoms with Crippen molar-refractivity contribution in [2.24, 2.45) is 22.7 Å². The maximum atomic E-state index is 13.7. The molecule has 2 fully saturated rings. The predicted octanol–water partition coefficient (Wildman–Crippen LogP) is 10.9. The second kappa shape index (κ2) is 15.1. The Kier molecular flexibility index (Phi) is 10.7. The van der Waals surface area contributed by atoms with E-state index >= 15 is 0 Å². The van der Waals surface area contributed by atoms with E-state index in [1.807, 2.05) is 90.1 Å². The summed E-state index contributed by atoms with van der Waals surface area (Å²) in [6, 6.07) is 14.9. The van der Waals surface area contributed by atoms with Gasteiger partial charge in [0.25, 0.3) is 0 Å². The van der Waals surface area contributed by atoms with E-state index in [4.69, 9.17) is 4.42 Å². The number of H-pyrrole nitrogens is 2. The summed E-state index contributed by atoms with van der Waals surface area (Å²) in [4.78, 5) is 42.4. The minimum atomic E-state index is -2.70. The summed E-state index contributed by atoms with van der Waals surface area (Å²) in [6.07, 6.45) is 3.04. The highest BCUT2D eigenvalue weighted by molar-refractivity contribution is 5.87. The van der Waals surface area contributed by atoms with E-state index in [-0.39, 0.29) is 68.6 Å². The highest BCUT2D eigenvalue weighted by Crippen LogP contribution is 2.40. The molecule has 5 aromatic rings. The molecule has 0 unspecified atom stereocenters. The number of rotatable bonds is 9. The van der Waals surface area contributed by atoms with Gasteiger partial charge < -0.3 is 25.0 Å². The standard InChI is InChI=1S/C44H52F4N6O3/c1-41(2,3)35(53-39(55)27-13-17-43(45,46)18-14-27)37-49-23-31(51-37)25-7-9-26(10-8-25)33-22-30-12-11-29(21-34(30)57-33)32-24-50-38(52-32)36(42(4,5)6)54-40(56)28-15-19-44(47,48)20-16-28/h7-12,21-24,27-28,35-36H,13-20H2,1-6H3,(H,49,51)(H,50,52)(H,53,55)(H,54,56)/t35-,36-/m1/s1. The SMILES string of the molecule is CC(C)(C)[C@H](NC(=O)C1CCC(F)(F)CC1)c1ncc(-c2ccc(-c3cc4ccc(-c5cnc([C@@H](NC(=O)C6CCC(F)(F)CC6)C(C)(C)C)[nH]5)cc4o3)cc2)[nH]1. The van der Waals surface area contributed by atoms with E-state index < -0.39 is 41.2 Å². The molecular weight excluding hydrogens is 737 g/mol. The number of nitrogens with zero attached hydrogens (tertiary/aromatic N) is 2. The van der Waals surface area contributed by atoms with Gasteiger partial charge in [0, 0.05) is 54.0 Å². The molecule has 13 heteroatoms. The normalized spacial score (nSPS) is 19.0. The molecule has 2 aromatic carbocycles. The van der Waals surface area contributed by atoms with Gasteiger partial charge in [-0.1, -0.05) is 77.9 Å². The lowest BCUT2D eigenvalue weighted by Crippen LogP contribution is -2.42. The van der Waals surface area contributed by atoms with Crippen molar-refractivity contribution in [2.45, 2.75) is 117 Å². The molecule has 2 saturated carbocycles. The minimum Gasteiger partial charge on any atom is -0.456 e.